The highest BCUT2D eigenvalue weighted by atomic mass is 32.1. The number of nitrogens with zero attached hydrogens (tertiary/aromatic N) is 1. The van der Waals surface area contributed by atoms with Crippen LogP contribution in [0.2, 0.25) is 0 Å². The maximum atomic E-state index is 11.1. The third-order valence-corrected chi connectivity index (χ3v) is 2.25. The Balaban J connectivity index is 2.99. The van der Waals surface area contributed by atoms with Gasteiger partial charge in [-0.15, -0.1) is 0 Å². The average molecular weight is 185 g/mol. The van der Waals surface area contributed by atoms with Crippen LogP contribution >= 0.6 is 11.5 Å². The van der Waals surface area contributed by atoms with Crippen molar-refractivity contribution in [2.75, 3.05) is 7.11 Å². The lowest BCUT2D eigenvalue weighted by Gasteiger charge is -2.02. The monoisotopic (exact) mass is 185 g/mol. The first-order chi connectivity index (χ1) is 5.66. The fourth-order valence-electron chi connectivity index (χ4n) is 0.906. The van der Waals surface area contributed by atoms with Crippen molar-refractivity contribution in [2.45, 2.75) is 19.8 Å². The molecule has 1 heterocycles. The Bertz CT molecular complexity index is 280. The van der Waals surface area contributed by atoms with Crippen LogP contribution in [0, 0.1) is 0 Å². The number of methoxy groups -OCH3 is 1. The molecule has 0 saturated heterocycles. The maximum absolute atomic E-state index is 11.1. The van der Waals surface area contributed by atoms with Crippen molar-refractivity contribution in [1.29, 1.82) is 0 Å². The van der Waals surface area contributed by atoms with Crippen LogP contribution in [0.1, 0.15) is 35.8 Å². The molecule has 0 unspecified atom stereocenters. The Morgan fingerprint density at radius 2 is 2.33 bits per heavy atom. The lowest BCUT2D eigenvalue weighted by Crippen LogP contribution is -2.05. The molecule has 0 bridgehead atoms. The Morgan fingerprint density at radius 1 is 1.67 bits per heavy atom. The van der Waals surface area contributed by atoms with Crippen molar-refractivity contribution in [1.82, 2.24) is 4.37 Å². The number of ether oxygens (including phenoxy) is 1. The first-order valence-corrected chi connectivity index (χ1v) is 4.53. The summed E-state index contributed by atoms with van der Waals surface area (Å²) in [5.41, 5.74) is 1.42. The molecule has 0 aliphatic heterocycles. The molecule has 0 atom stereocenters. The smallest absolute Gasteiger partial charge is 0.358 e. The van der Waals surface area contributed by atoms with Gasteiger partial charge < -0.3 is 4.74 Å². The largest absolute Gasteiger partial charge is 0.464 e. The molecule has 0 saturated carbocycles. The Kier molecular flexibility index (Phi) is 2.81. The van der Waals surface area contributed by atoms with Gasteiger partial charge in [0.1, 0.15) is 0 Å². The fourth-order valence-corrected chi connectivity index (χ4v) is 1.74. The highest BCUT2D eigenvalue weighted by Gasteiger charge is 2.16. The van der Waals surface area contributed by atoms with E-state index in [0.717, 1.165) is 5.56 Å². The summed E-state index contributed by atoms with van der Waals surface area (Å²) in [4.78, 5) is 11.1. The number of carbonyl (C=O) groups excluding carboxylic acids is 1. The van der Waals surface area contributed by atoms with Crippen LogP contribution in [-0.2, 0) is 4.74 Å². The molecule has 0 aliphatic carbocycles. The van der Waals surface area contributed by atoms with Gasteiger partial charge >= 0.3 is 5.97 Å². The lowest BCUT2D eigenvalue weighted by atomic mass is 10.1. The van der Waals surface area contributed by atoms with Crippen molar-refractivity contribution in [3.63, 3.8) is 0 Å². The molecule has 1 aromatic heterocycles. The number of carbonyl (C=O) groups is 1. The van der Waals surface area contributed by atoms with Crippen molar-refractivity contribution < 1.29 is 9.53 Å². The number of esters is 1. The summed E-state index contributed by atoms with van der Waals surface area (Å²) >= 11 is 1.29. The summed E-state index contributed by atoms with van der Waals surface area (Å²) in [6, 6.07) is 0. The summed E-state index contributed by atoms with van der Waals surface area (Å²) < 4.78 is 8.57. The van der Waals surface area contributed by atoms with Gasteiger partial charge in [-0.05, 0) is 17.5 Å². The van der Waals surface area contributed by atoms with Crippen LogP contribution in [0.25, 0.3) is 0 Å². The van der Waals surface area contributed by atoms with Gasteiger partial charge in [0.15, 0.2) is 5.69 Å². The van der Waals surface area contributed by atoms with Gasteiger partial charge in [-0.3, -0.25) is 0 Å². The third-order valence-electron chi connectivity index (χ3n) is 1.60. The Hall–Kier alpha value is -0.900. The molecule has 0 aromatic carbocycles. The van der Waals surface area contributed by atoms with E-state index in [1.807, 2.05) is 19.2 Å². The van der Waals surface area contributed by atoms with Crippen LogP contribution in [0.3, 0.4) is 0 Å². The van der Waals surface area contributed by atoms with E-state index in [9.17, 15) is 4.79 Å². The zero-order valence-corrected chi connectivity index (χ0v) is 8.14. The van der Waals surface area contributed by atoms with Gasteiger partial charge in [-0.25, -0.2) is 4.79 Å². The number of hydrogen-bond donors (Lipinski definition) is 0. The van der Waals surface area contributed by atoms with E-state index in [1.54, 1.807) is 0 Å². The molecule has 4 heteroatoms. The van der Waals surface area contributed by atoms with Crippen LogP contribution in [0.15, 0.2) is 5.38 Å². The average Bonchev–Trinajstić information content (AvgIpc) is 2.50. The first-order valence-electron chi connectivity index (χ1n) is 3.69. The van der Waals surface area contributed by atoms with E-state index in [2.05, 4.69) is 9.11 Å². The summed E-state index contributed by atoms with van der Waals surface area (Å²) in [5.74, 6) is -0.0298. The van der Waals surface area contributed by atoms with Gasteiger partial charge in [0.2, 0.25) is 0 Å². The van der Waals surface area contributed by atoms with Crippen molar-refractivity contribution in [3.8, 4) is 0 Å². The predicted octanol–water partition coefficient (Wildman–Crippen LogP) is 2.05. The van der Waals surface area contributed by atoms with Crippen LogP contribution in [0.5, 0.6) is 0 Å². The molecule has 3 nitrogen and oxygen atoms in total. The van der Waals surface area contributed by atoms with Crippen LogP contribution in [-0.4, -0.2) is 17.5 Å². The second-order valence-electron chi connectivity index (χ2n) is 2.76. The summed E-state index contributed by atoms with van der Waals surface area (Å²) in [5, 5.41) is 1.89. The van der Waals surface area contributed by atoms with Crippen LogP contribution in [0.4, 0.5) is 0 Å². The molecule has 0 N–H and O–H groups in total. The Labute approximate surface area is 75.5 Å². The molecule has 0 aliphatic rings. The topological polar surface area (TPSA) is 39.2 Å². The molecular weight excluding hydrogens is 174 g/mol. The summed E-state index contributed by atoms with van der Waals surface area (Å²) in [6.07, 6.45) is 0. The number of aromatic nitrogens is 1. The highest BCUT2D eigenvalue weighted by molar-refractivity contribution is 7.03. The van der Waals surface area contributed by atoms with Gasteiger partial charge in [0, 0.05) is 10.9 Å². The second-order valence-corrected chi connectivity index (χ2v) is 3.39. The van der Waals surface area contributed by atoms with Gasteiger partial charge in [0.25, 0.3) is 0 Å². The highest BCUT2D eigenvalue weighted by Crippen LogP contribution is 2.20. The van der Waals surface area contributed by atoms with E-state index in [1.165, 1.54) is 18.6 Å². The normalized spacial score (nSPS) is 10.3. The summed E-state index contributed by atoms with van der Waals surface area (Å²) in [6.45, 7) is 4.05. The molecule has 1 rings (SSSR count). The molecule has 66 valence electrons. The van der Waals surface area contributed by atoms with Gasteiger partial charge in [0.05, 0.1) is 7.11 Å². The standard InChI is InChI=1S/C8H11NO2S/c1-5(2)6-4-12-9-7(6)8(10)11-3/h4-5H,1-3H3. The molecule has 12 heavy (non-hydrogen) atoms. The third kappa shape index (κ3) is 1.64. The minimum Gasteiger partial charge on any atom is -0.464 e. The minimum absolute atomic E-state index is 0.317. The van der Waals surface area contributed by atoms with Crippen LogP contribution < -0.4 is 0 Å². The molecule has 1 aromatic rings. The molecule has 0 amide bonds. The van der Waals surface area contributed by atoms with Crippen molar-refractivity contribution in [3.05, 3.63) is 16.6 Å². The van der Waals surface area contributed by atoms with Gasteiger partial charge in [-0.2, -0.15) is 4.37 Å². The zero-order valence-electron chi connectivity index (χ0n) is 7.33. The Morgan fingerprint density at radius 3 is 2.83 bits per heavy atom. The lowest BCUT2D eigenvalue weighted by molar-refractivity contribution is 0.0594. The SMILES string of the molecule is COC(=O)c1nscc1C(C)C. The summed E-state index contributed by atoms with van der Waals surface area (Å²) in [7, 11) is 1.37. The second kappa shape index (κ2) is 3.67. The maximum Gasteiger partial charge on any atom is 0.358 e. The number of hydrogen-bond acceptors (Lipinski definition) is 4. The molecule has 0 radical (unpaired) electrons. The van der Waals surface area contributed by atoms with E-state index < -0.39 is 0 Å². The van der Waals surface area contributed by atoms with Crippen molar-refractivity contribution >= 4 is 17.5 Å². The van der Waals surface area contributed by atoms with Crippen molar-refractivity contribution in [2.24, 2.45) is 0 Å². The van der Waals surface area contributed by atoms with E-state index >= 15 is 0 Å². The molecular formula is C8H11NO2S. The minimum atomic E-state index is -0.347. The van der Waals surface area contributed by atoms with E-state index in [0.29, 0.717) is 11.6 Å². The predicted molar refractivity (Wildman–Crippen MR) is 47.5 cm³/mol. The quantitative estimate of drug-likeness (QED) is 0.662. The van der Waals surface area contributed by atoms with E-state index in [4.69, 9.17) is 0 Å². The fraction of sp³-hybridized carbons (Fsp3) is 0.500. The van der Waals surface area contributed by atoms with Gasteiger partial charge in [-0.1, -0.05) is 13.8 Å². The number of rotatable bonds is 2. The molecule has 0 spiro atoms. The van der Waals surface area contributed by atoms with E-state index in [-0.39, 0.29) is 5.97 Å². The molecule has 0 fully saturated rings. The zero-order chi connectivity index (χ0) is 9.14. The first kappa shape index (κ1) is 9.19.